The molecule has 2 rings (SSSR count). The Morgan fingerprint density at radius 3 is 2.52 bits per heavy atom. The van der Waals surface area contributed by atoms with Gasteiger partial charge in [-0.05, 0) is 30.9 Å². The Labute approximate surface area is 125 Å². The van der Waals surface area contributed by atoms with Gasteiger partial charge in [-0.2, -0.15) is 5.10 Å². The summed E-state index contributed by atoms with van der Waals surface area (Å²) in [5.74, 6) is 0.337. The number of ether oxygens (including phenoxy) is 1. The number of nitrogens with zero attached hydrogens (tertiary/aromatic N) is 3. The maximum atomic E-state index is 11.8. The van der Waals surface area contributed by atoms with Crippen LogP contribution in [0.3, 0.4) is 0 Å². The largest absolute Gasteiger partial charge is 0.462 e. The number of hydrogen-bond donors (Lipinski definition) is 0. The van der Waals surface area contributed by atoms with Gasteiger partial charge in [-0.1, -0.05) is 26.8 Å². The van der Waals surface area contributed by atoms with Crippen LogP contribution >= 0.6 is 0 Å². The van der Waals surface area contributed by atoms with Gasteiger partial charge in [0.25, 0.3) is 0 Å². The molecule has 0 aromatic carbocycles. The standard InChI is InChI=1S/C16H21N3O2/c1-6-21-15(20)13-10-18-19(11(13)2)14-8-7-12(9-17-14)16(3,4)5/h7-10H,6H2,1-5H3. The molecule has 0 atom stereocenters. The molecule has 0 aliphatic carbocycles. The van der Waals surface area contributed by atoms with Crippen molar-refractivity contribution in [3.8, 4) is 5.82 Å². The van der Waals surface area contributed by atoms with Crippen LogP contribution < -0.4 is 0 Å². The number of rotatable bonds is 3. The average Bonchev–Trinajstić information content (AvgIpc) is 2.80. The second-order valence-corrected chi connectivity index (χ2v) is 5.93. The molecule has 5 nitrogen and oxygen atoms in total. The molecule has 112 valence electrons. The maximum absolute atomic E-state index is 11.8. The van der Waals surface area contributed by atoms with Gasteiger partial charge in [-0.15, -0.1) is 0 Å². The number of carbonyl (C=O) groups is 1. The summed E-state index contributed by atoms with van der Waals surface area (Å²) in [4.78, 5) is 16.2. The summed E-state index contributed by atoms with van der Waals surface area (Å²) >= 11 is 0. The van der Waals surface area contributed by atoms with Crippen LogP contribution in [-0.4, -0.2) is 27.3 Å². The van der Waals surface area contributed by atoms with Crippen molar-refractivity contribution < 1.29 is 9.53 Å². The number of pyridine rings is 1. The summed E-state index contributed by atoms with van der Waals surface area (Å²) in [7, 11) is 0. The SMILES string of the molecule is CCOC(=O)c1cnn(-c2ccc(C(C)(C)C)cn2)c1C. The molecule has 5 heteroatoms. The van der Waals surface area contributed by atoms with Crippen LogP contribution in [0.25, 0.3) is 5.82 Å². The molecule has 0 fully saturated rings. The van der Waals surface area contributed by atoms with E-state index in [0.29, 0.717) is 18.0 Å². The van der Waals surface area contributed by atoms with Gasteiger partial charge in [0, 0.05) is 6.20 Å². The molecule has 2 aromatic rings. The third-order valence-corrected chi connectivity index (χ3v) is 3.34. The van der Waals surface area contributed by atoms with Gasteiger partial charge in [0.15, 0.2) is 5.82 Å². The molecule has 0 aliphatic heterocycles. The van der Waals surface area contributed by atoms with Gasteiger partial charge >= 0.3 is 5.97 Å². The predicted octanol–water partition coefficient (Wildman–Crippen LogP) is 3.05. The number of esters is 1. The Balaban J connectivity index is 2.33. The van der Waals surface area contributed by atoms with Crippen molar-refractivity contribution in [3.05, 3.63) is 41.3 Å². The topological polar surface area (TPSA) is 57.0 Å². The van der Waals surface area contributed by atoms with Crippen molar-refractivity contribution in [1.29, 1.82) is 0 Å². The summed E-state index contributed by atoms with van der Waals surface area (Å²) in [6.45, 7) is 10.4. The van der Waals surface area contributed by atoms with Crippen LogP contribution in [0, 0.1) is 6.92 Å². The van der Waals surface area contributed by atoms with Crippen LogP contribution in [0.5, 0.6) is 0 Å². The highest BCUT2D eigenvalue weighted by Crippen LogP contribution is 2.22. The number of aromatic nitrogens is 3. The molecule has 0 N–H and O–H groups in total. The molecule has 0 saturated carbocycles. The summed E-state index contributed by atoms with van der Waals surface area (Å²) in [6.07, 6.45) is 3.37. The van der Waals surface area contributed by atoms with Crippen molar-refractivity contribution in [2.24, 2.45) is 0 Å². The lowest BCUT2D eigenvalue weighted by Crippen LogP contribution is -2.12. The molecule has 0 amide bonds. The maximum Gasteiger partial charge on any atom is 0.341 e. The van der Waals surface area contributed by atoms with E-state index < -0.39 is 0 Å². The molecule has 2 aromatic heterocycles. The fraction of sp³-hybridized carbons (Fsp3) is 0.438. The molecule has 0 aliphatic rings. The minimum absolute atomic E-state index is 0.0563. The Morgan fingerprint density at radius 1 is 1.29 bits per heavy atom. The zero-order valence-electron chi connectivity index (χ0n) is 13.2. The van der Waals surface area contributed by atoms with Crippen LogP contribution in [0.2, 0.25) is 0 Å². The predicted molar refractivity (Wildman–Crippen MR) is 80.8 cm³/mol. The lowest BCUT2D eigenvalue weighted by molar-refractivity contribution is 0.0525. The fourth-order valence-corrected chi connectivity index (χ4v) is 2.00. The van der Waals surface area contributed by atoms with E-state index in [9.17, 15) is 4.79 Å². The zero-order chi connectivity index (χ0) is 15.6. The average molecular weight is 287 g/mol. The Bertz CT molecular complexity index is 637. The van der Waals surface area contributed by atoms with Crippen molar-refractivity contribution in [2.45, 2.75) is 40.0 Å². The molecule has 0 saturated heterocycles. The third kappa shape index (κ3) is 3.12. The highest BCUT2D eigenvalue weighted by Gasteiger charge is 2.18. The Hall–Kier alpha value is -2.17. The van der Waals surface area contributed by atoms with Gasteiger partial charge < -0.3 is 4.74 Å². The first-order chi connectivity index (χ1) is 9.84. The van der Waals surface area contributed by atoms with E-state index in [-0.39, 0.29) is 11.4 Å². The monoisotopic (exact) mass is 287 g/mol. The Kier molecular flexibility index (Phi) is 4.11. The highest BCUT2D eigenvalue weighted by molar-refractivity contribution is 5.90. The lowest BCUT2D eigenvalue weighted by atomic mass is 9.88. The van der Waals surface area contributed by atoms with Gasteiger partial charge in [-0.25, -0.2) is 14.5 Å². The Morgan fingerprint density at radius 2 is 2.00 bits per heavy atom. The van der Waals surface area contributed by atoms with Gasteiger partial charge in [0.1, 0.15) is 5.56 Å². The first-order valence-corrected chi connectivity index (χ1v) is 7.03. The van der Waals surface area contributed by atoms with Crippen molar-refractivity contribution >= 4 is 5.97 Å². The summed E-state index contributed by atoms with van der Waals surface area (Å²) in [6, 6.07) is 3.95. The minimum Gasteiger partial charge on any atom is -0.462 e. The van der Waals surface area contributed by atoms with Crippen LogP contribution in [0.4, 0.5) is 0 Å². The molecular formula is C16H21N3O2. The third-order valence-electron chi connectivity index (χ3n) is 3.34. The minimum atomic E-state index is -0.354. The first-order valence-electron chi connectivity index (χ1n) is 7.03. The molecule has 2 heterocycles. The van der Waals surface area contributed by atoms with E-state index >= 15 is 0 Å². The van der Waals surface area contributed by atoms with Crippen LogP contribution in [0.1, 0.15) is 49.3 Å². The van der Waals surface area contributed by atoms with E-state index in [4.69, 9.17) is 4.74 Å². The zero-order valence-corrected chi connectivity index (χ0v) is 13.2. The second kappa shape index (κ2) is 5.68. The molecule has 0 bridgehead atoms. The molecule has 0 unspecified atom stereocenters. The van der Waals surface area contributed by atoms with Gasteiger partial charge in [0.2, 0.25) is 0 Å². The number of carbonyl (C=O) groups excluding carboxylic acids is 1. The summed E-state index contributed by atoms with van der Waals surface area (Å²) in [5.41, 5.74) is 2.41. The molecule has 0 spiro atoms. The normalized spacial score (nSPS) is 11.5. The first kappa shape index (κ1) is 15.2. The quantitative estimate of drug-likeness (QED) is 0.814. The van der Waals surface area contributed by atoms with Crippen LogP contribution in [-0.2, 0) is 10.2 Å². The van der Waals surface area contributed by atoms with Crippen molar-refractivity contribution in [3.63, 3.8) is 0 Å². The molecular weight excluding hydrogens is 266 g/mol. The smallest absolute Gasteiger partial charge is 0.341 e. The van der Waals surface area contributed by atoms with E-state index in [0.717, 1.165) is 11.3 Å². The number of hydrogen-bond acceptors (Lipinski definition) is 4. The molecule has 0 radical (unpaired) electrons. The van der Waals surface area contributed by atoms with Crippen molar-refractivity contribution in [1.82, 2.24) is 14.8 Å². The van der Waals surface area contributed by atoms with Gasteiger partial charge in [0.05, 0.1) is 18.5 Å². The van der Waals surface area contributed by atoms with E-state index in [2.05, 4.69) is 30.9 Å². The fourth-order valence-electron chi connectivity index (χ4n) is 2.00. The highest BCUT2D eigenvalue weighted by atomic mass is 16.5. The lowest BCUT2D eigenvalue weighted by Gasteiger charge is -2.18. The summed E-state index contributed by atoms with van der Waals surface area (Å²) < 4.78 is 6.66. The van der Waals surface area contributed by atoms with E-state index in [1.165, 1.54) is 6.20 Å². The molecule has 21 heavy (non-hydrogen) atoms. The van der Waals surface area contributed by atoms with Gasteiger partial charge in [-0.3, -0.25) is 0 Å². The van der Waals surface area contributed by atoms with Crippen molar-refractivity contribution in [2.75, 3.05) is 6.61 Å². The second-order valence-electron chi connectivity index (χ2n) is 5.93. The van der Waals surface area contributed by atoms with E-state index in [1.807, 2.05) is 25.3 Å². The van der Waals surface area contributed by atoms with Crippen LogP contribution in [0.15, 0.2) is 24.5 Å². The van der Waals surface area contributed by atoms with E-state index in [1.54, 1.807) is 11.6 Å². The summed E-state index contributed by atoms with van der Waals surface area (Å²) in [5, 5.41) is 4.23.